The van der Waals surface area contributed by atoms with Crippen molar-refractivity contribution in [1.29, 1.82) is 0 Å². The van der Waals surface area contributed by atoms with E-state index < -0.39 is 0 Å². The molecule has 1 saturated carbocycles. The summed E-state index contributed by atoms with van der Waals surface area (Å²) in [7, 11) is 0. The average Bonchev–Trinajstić information content (AvgIpc) is 2.65. The van der Waals surface area contributed by atoms with E-state index in [1.54, 1.807) is 0 Å². The number of nitrogens with zero attached hydrogens (tertiary/aromatic N) is 1. The van der Waals surface area contributed by atoms with Crippen LogP contribution in [0.4, 0.5) is 0 Å². The van der Waals surface area contributed by atoms with E-state index in [-0.39, 0.29) is 12.1 Å². The molecule has 0 spiro atoms. The number of carbonyl (C=O) groups excluding carboxylic acids is 1. The third kappa shape index (κ3) is 3.84. The first-order valence-electron chi connectivity index (χ1n) is 7.48. The van der Waals surface area contributed by atoms with Gasteiger partial charge < -0.3 is 9.26 Å². The van der Waals surface area contributed by atoms with Crippen LogP contribution < -0.4 is 0 Å². The van der Waals surface area contributed by atoms with Crippen molar-refractivity contribution in [3.05, 3.63) is 17.0 Å². The fourth-order valence-corrected chi connectivity index (χ4v) is 3.06. The maximum atomic E-state index is 12.0. The molecule has 1 aliphatic rings. The summed E-state index contributed by atoms with van der Waals surface area (Å²) in [6.45, 7) is 8.28. The SMILES string of the molecule is Cc1noc(C)c1CCC(=O)OC1CCCC(C)(C)C1. The van der Waals surface area contributed by atoms with Crippen molar-refractivity contribution in [2.24, 2.45) is 5.41 Å². The molecule has 1 unspecified atom stereocenters. The molecule has 0 aliphatic heterocycles. The van der Waals surface area contributed by atoms with Gasteiger partial charge in [0, 0.05) is 12.0 Å². The Bertz CT molecular complexity index is 457. The number of rotatable bonds is 4. The number of carbonyl (C=O) groups is 1. The van der Waals surface area contributed by atoms with Crippen LogP contribution in [0.25, 0.3) is 0 Å². The molecule has 1 fully saturated rings. The predicted octanol–water partition coefficient (Wildman–Crippen LogP) is 3.74. The zero-order valence-electron chi connectivity index (χ0n) is 13.0. The number of ether oxygens (including phenoxy) is 1. The van der Waals surface area contributed by atoms with Gasteiger partial charge in [-0.15, -0.1) is 0 Å². The van der Waals surface area contributed by atoms with E-state index in [1.807, 2.05) is 13.8 Å². The van der Waals surface area contributed by atoms with Gasteiger partial charge in [0.1, 0.15) is 11.9 Å². The molecule has 1 aromatic rings. The molecule has 1 atom stereocenters. The number of esters is 1. The highest BCUT2D eigenvalue weighted by Crippen LogP contribution is 2.36. The second-order valence-electron chi connectivity index (χ2n) is 6.68. The molecule has 2 rings (SSSR count). The van der Waals surface area contributed by atoms with Crippen LogP contribution in [0.2, 0.25) is 0 Å². The Kier molecular flexibility index (Phi) is 4.51. The van der Waals surface area contributed by atoms with Crippen molar-refractivity contribution in [3.63, 3.8) is 0 Å². The van der Waals surface area contributed by atoms with Gasteiger partial charge in [-0.25, -0.2) is 0 Å². The molecule has 0 N–H and O–H groups in total. The highest BCUT2D eigenvalue weighted by Gasteiger charge is 2.30. The average molecular weight is 279 g/mol. The van der Waals surface area contributed by atoms with E-state index in [9.17, 15) is 4.79 Å². The Hall–Kier alpha value is -1.32. The maximum absolute atomic E-state index is 12.0. The molecule has 1 heterocycles. The fourth-order valence-electron chi connectivity index (χ4n) is 3.06. The molecule has 20 heavy (non-hydrogen) atoms. The maximum Gasteiger partial charge on any atom is 0.306 e. The summed E-state index contributed by atoms with van der Waals surface area (Å²) < 4.78 is 10.7. The molecule has 4 nitrogen and oxygen atoms in total. The molecular weight excluding hydrogens is 254 g/mol. The first-order chi connectivity index (χ1) is 9.37. The van der Waals surface area contributed by atoms with Gasteiger partial charge in [0.2, 0.25) is 0 Å². The van der Waals surface area contributed by atoms with Crippen LogP contribution in [0.5, 0.6) is 0 Å². The van der Waals surface area contributed by atoms with E-state index >= 15 is 0 Å². The Balaban J connectivity index is 1.81. The molecule has 1 aliphatic carbocycles. The first-order valence-corrected chi connectivity index (χ1v) is 7.48. The van der Waals surface area contributed by atoms with Gasteiger partial charge >= 0.3 is 5.97 Å². The normalized spacial score (nSPS) is 21.7. The van der Waals surface area contributed by atoms with Crippen LogP contribution in [-0.4, -0.2) is 17.2 Å². The lowest BCUT2D eigenvalue weighted by Crippen LogP contribution is -2.30. The summed E-state index contributed by atoms with van der Waals surface area (Å²) in [5.74, 6) is 0.696. The predicted molar refractivity (Wildman–Crippen MR) is 76.4 cm³/mol. The highest BCUT2D eigenvalue weighted by molar-refractivity contribution is 5.70. The van der Waals surface area contributed by atoms with Crippen molar-refractivity contribution in [2.45, 2.75) is 72.3 Å². The Morgan fingerprint density at radius 2 is 2.20 bits per heavy atom. The molecular formula is C16H25NO3. The van der Waals surface area contributed by atoms with Gasteiger partial charge in [-0.2, -0.15) is 0 Å². The van der Waals surface area contributed by atoms with Crippen LogP contribution in [0.1, 0.15) is 63.0 Å². The lowest BCUT2D eigenvalue weighted by molar-refractivity contribution is -0.152. The minimum Gasteiger partial charge on any atom is -0.462 e. The Morgan fingerprint density at radius 1 is 1.45 bits per heavy atom. The summed E-state index contributed by atoms with van der Waals surface area (Å²) in [6, 6.07) is 0. The summed E-state index contributed by atoms with van der Waals surface area (Å²) in [6.07, 6.45) is 5.49. The monoisotopic (exact) mass is 279 g/mol. The summed E-state index contributed by atoms with van der Waals surface area (Å²) >= 11 is 0. The van der Waals surface area contributed by atoms with Crippen LogP contribution in [-0.2, 0) is 16.0 Å². The van der Waals surface area contributed by atoms with Crippen LogP contribution in [0.3, 0.4) is 0 Å². The molecule has 0 bridgehead atoms. The molecule has 0 saturated heterocycles. The van der Waals surface area contributed by atoms with Crippen molar-refractivity contribution in [1.82, 2.24) is 5.16 Å². The smallest absolute Gasteiger partial charge is 0.306 e. The van der Waals surface area contributed by atoms with Crippen molar-refractivity contribution < 1.29 is 14.1 Å². The molecule has 0 amide bonds. The standard InChI is InChI=1S/C16H25NO3/c1-11-14(12(2)20-17-11)7-8-15(18)19-13-6-5-9-16(3,4)10-13/h13H,5-10H2,1-4H3. The van der Waals surface area contributed by atoms with Crippen molar-refractivity contribution in [2.75, 3.05) is 0 Å². The van der Waals surface area contributed by atoms with Crippen LogP contribution in [0.15, 0.2) is 4.52 Å². The van der Waals surface area contributed by atoms with Crippen molar-refractivity contribution >= 4 is 5.97 Å². The van der Waals surface area contributed by atoms with Gasteiger partial charge in [0.15, 0.2) is 0 Å². The second-order valence-corrected chi connectivity index (χ2v) is 6.68. The van der Waals surface area contributed by atoms with Gasteiger partial charge in [-0.1, -0.05) is 19.0 Å². The number of hydrogen-bond acceptors (Lipinski definition) is 4. The van der Waals surface area contributed by atoms with Gasteiger partial charge in [0.05, 0.1) is 5.69 Å². The zero-order chi connectivity index (χ0) is 14.8. The minimum absolute atomic E-state index is 0.0934. The molecule has 0 radical (unpaired) electrons. The van der Waals surface area contributed by atoms with E-state index in [4.69, 9.17) is 9.26 Å². The lowest BCUT2D eigenvalue weighted by Gasteiger charge is -2.34. The van der Waals surface area contributed by atoms with Gasteiger partial charge in [-0.05, 0) is 51.4 Å². The number of aryl methyl sites for hydroxylation is 2. The topological polar surface area (TPSA) is 52.3 Å². The van der Waals surface area contributed by atoms with Gasteiger partial charge in [-0.3, -0.25) is 4.79 Å². The molecule has 112 valence electrons. The van der Waals surface area contributed by atoms with Crippen LogP contribution >= 0.6 is 0 Å². The summed E-state index contributed by atoms with van der Waals surface area (Å²) in [5.41, 5.74) is 2.20. The third-order valence-corrected chi connectivity index (χ3v) is 4.22. The molecule has 0 aromatic carbocycles. The Morgan fingerprint density at radius 3 is 2.80 bits per heavy atom. The lowest BCUT2D eigenvalue weighted by atomic mass is 9.76. The second kappa shape index (κ2) is 5.98. The summed E-state index contributed by atoms with van der Waals surface area (Å²) in [5, 5.41) is 3.90. The largest absolute Gasteiger partial charge is 0.462 e. The number of aromatic nitrogens is 1. The van der Waals surface area contributed by atoms with E-state index in [1.165, 1.54) is 6.42 Å². The quantitative estimate of drug-likeness (QED) is 0.788. The Labute approximate surface area is 120 Å². The highest BCUT2D eigenvalue weighted by atomic mass is 16.5. The zero-order valence-corrected chi connectivity index (χ0v) is 13.0. The molecule has 4 heteroatoms. The fraction of sp³-hybridized carbons (Fsp3) is 0.750. The third-order valence-electron chi connectivity index (χ3n) is 4.22. The van der Waals surface area contributed by atoms with Gasteiger partial charge in [0.25, 0.3) is 0 Å². The molecule has 1 aromatic heterocycles. The van der Waals surface area contributed by atoms with E-state index in [0.717, 1.165) is 36.3 Å². The van der Waals surface area contributed by atoms with Crippen molar-refractivity contribution in [3.8, 4) is 0 Å². The summed E-state index contributed by atoms with van der Waals surface area (Å²) in [4.78, 5) is 12.0. The minimum atomic E-state index is -0.104. The number of hydrogen-bond donors (Lipinski definition) is 0. The van der Waals surface area contributed by atoms with E-state index in [0.29, 0.717) is 18.3 Å². The van der Waals surface area contributed by atoms with Crippen LogP contribution in [0, 0.1) is 19.3 Å². The van der Waals surface area contributed by atoms with E-state index in [2.05, 4.69) is 19.0 Å². The first kappa shape index (κ1) is 15.1.